The van der Waals surface area contributed by atoms with Crippen LogP contribution >= 0.6 is 0 Å². The van der Waals surface area contributed by atoms with Crippen LogP contribution < -0.4 is 41.1 Å². The molecule has 0 spiro atoms. The van der Waals surface area contributed by atoms with Crippen LogP contribution in [0.3, 0.4) is 0 Å². The third kappa shape index (κ3) is 3.50. The Morgan fingerprint density at radius 1 is 0.864 bits per heavy atom. The average molecular weight is 406 g/mol. The van der Waals surface area contributed by atoms with E-state index >= 15 is 0 Å². The summed E-state index contributed by atoms with van der Waals surface area (Å²) in [4.78, 5) is 0. The van der Waals surface area contributed by atoms with Crippen molar-refractivity contribution >= 4 is 11.9 Å². The van der Waals surface area contributed by atoms with Gasteiger partial charge in [-0.2, -0.15) is 0 Å². The van der Waals surface area contributed by atoms with Crippen LogP contribution in [-0.2, 0) is 20.4 Å². The minimum Gasteiger partial charge on any atom is -1.00 e. The van der Waals surface area contributed by atoms with Gasteiger partial charge in [0.05, 0.1) is 0 Å². The van der Waals surface area contributed by atoms with Crippen molar-refractivity contribution in [3.05, 3.63) is 53.1 Å². The van der Waals surface area contributed by atoms with Crippen molar-refractivity contribution in [2.45, 2.75) is 32.1 Å². The number of hydrogen-bond acceptors (Lipinski definition) is 0. The number of rotatable bonds is 1. The third-order valence-electron chi connectivity index (χ3n) is 4.23. The Bertz CT molecular complexity index is 665. The molecule has 0 aromatic heterocycles. The molecule has 0 bridgehead atoms. The zero-order valence-electron chi connectivity index (χ0n) is 13.2. The van der Waals surface area contributed by atoms with Crippen LogP contribution in [0.2, 0.25) is 19.6 Å². The van der Waals surface area contributed by atoms with Gasteiger partial charge in [-0.1, -0.05) is 0 Å². The van der Waals surface area contributed by atoms with Crippen molar-refractivity contribution in [1.29, 1.82) is 0 Å². The molecule has 22 heavy (non-hydrogen) atoms. The quantitative estimate of drug-likeness (QED) is 0.418. The van der Waals surface area contributed by atoms with Gasteiger partial charge in [0.15, 0.2) is 0 Å². The molecule has 5 heteroatoms. The van der Waals surface area contributed by atoms with Gasteiger partial charge in [-0.15, -0.1) is 0 Å². The molecule has 0 nitrogen and oxygen atoms in total. The predicted molar refractivity (Wildman–Crippen MR) is 81.4 cm³/mol. The predicted octanol–water partition coefficient (Wildman–Crippen LogP) is -4.83. The van der Waals surface area contributed by atoms with Gasteiger partial charge in [-0.05, 0) is 0 Å². The van der Waals surface area contributed by atoms with Gasteiger partial charge in [0.25, 0.3) is 0 Å². The summed E-state index contributed by atoms with van der Waals surface area (Å²) in [5.41, 5.74) is 8.27. The first-order valence-electron chi connectivity index (χ1n) is 6.85. The van der Waals surface area contributed by atoms with Gasteiger partial charge in [0, 0.05) is 0 Å². The molecule has 1 aliphatic carbocycles. The Kier molecular flexibility index (Phi) is 7.96. The van der Waals surface area contributed by atoms with Crippen LogP contribution in [0.15, 0.2) is 36.4 Å². The molecule has 1 atom stereocenters. The monoisotopic (exact) mass is 404 g/mol. The van der Waals surface area contributed by atoms with E-state index in [1.807, 2.05) is 0 Å². The molecule has 0 heterocycles. The molecule has 3 rings (SSSR count). The maximum atomic E-state index is 2.49. The van der Waals surface area contributed by atoms with Crippen molar-refractivity contribution in [2.24, 2.45) is 0 Å². The van der Waals surface area contributed by atoms with E-state index in [9.17, 15) is 0 Å². The molecule has 1 aliphatic rings. The zero-order valence-corrected chi connectivity index (χ0v) is 18.0. The van der Waals surface area contributed by atoms with E-state index in [0.29, 0.717) is 5.54 Å². The fraction of sp³-hybridized carbons (Fsp3) is 0.294. The van der Waals surface area contributed by atoms with Crippen molar-refractivity contribution in [3.8, 4) is 11.1 Å². The van der Waals surface area contributed by atoms with Crippen LogP contribution in [0.25, 0.3) is 11.1 Å². The second-order valence-electron chi connectivity index (χ2n) is 6.59. The molecule has 0 radical (unpaired) electrons. The molecule has 0 aliphatic heterocycles. The van der Waals surface area contributed by atoms with Gasteiger partial charge >= 0.3 is 129 Å². The Morgan fingerprint density at radius 2 is 1.45 bits per heavy atom. The van der Waals surface area contributed by atoms with E-state index in [0.717, 1.165) is 0 Å². The van der Waals surface area contributed by atoms with Crippen molar-refractivity contribution < 1.29 is 57.7 Å². The number of fused-ring (bicyclic) bond motifs is 3. The molecule has 116 valence electrons. The molecule has 0 saturated heterocycles. The summed E-state index contributed by atoms with van der Waals surface area (Å²) in [5.74, 6) is 0. The van der Waals surface area contributed by atoms with Gasteiger partial charge < -0.3 is 37.2 Å². The number of hydrogen-bond donors (Lipinski definition) is 0. The van der Waals surface area contributed by atoms with E-state index in [1.54, 1.807) is 11.1 Å². The van der Waals surface area contributed by atoms with E-state index in [4.69, 9.17) is 0 Å². The molecule has 2 aromatic carbocycles. The second-order valence-corrected chi connectivity index (χ2v) is 12.7. The summed E-state index contributed by atoms with van der Waals surface area (Å²) in [7, 11) is -1.28. The van der Waals surface area contributed by atoms with Crippen molar-refractivity contribution in [3.63, 3.8) is 0 Å². The summed E-state index contributed by atoms with van der Waals surface area (Å²) in [5, 5.41) is 0. The third-order valence-corrected chi connectivity index (χ3v) is 7.41. The zero-order chi connectivity index (χ0) is 13.8. The Morgan fingerprint density at radius 3 is 2.05 bits per heavy atom. The summed E-state index contributed by atoms with van der Waals surface area (Å²) >= 11 is 2.24. The van der Waals surface area contributed by atoms with Crippen LogP contribution in [-0.4, -0.2) is 8.07 Å². The Balaban J connectivity index is 0.00000147. The first kappa shape index (κ1) is 22.2. The smallest absolute Gasteiger partial charge is 1.00 e. The molecule has 0 N–H and O–H groups in total. The van der Waals surface area contributed by atoms with E-state index in [2.05, 4.69) is 83.4 Å². The van der Waals surface area contributed by atoms with Crippen LogP contribution in [0.5, 0.6) is 0 Å². The van der Waals surface area contributed by atoms with Gasteiger partial charge in [-0.25, -0.2) is 0 Å². The summed E-state index contributed by atoms with van der Waals surface area (Å²) in [6.07, 6.45) is 0. The van der Waals surface area contributed by atoms with Gasteiger partial charge in [-0.3, -0.25) is 0 Å². The van der Waals surface area contributed by atoms with Gasteiger partial charge in [0.2, 0.25) is 0 Å². The normalized spacial score (nSPS) is 14.9. The minimum absolute atomic E-state index is 0. The largest absolute Gasteiger partial charge is 1.00 e. The van der Waals surface area contributed by atoms with Crippen LogP contribution in [0, 0.1) is 6.92 Å². The Labute approximate surface area is 165 Å². The molecule has 0 saturated carbocycles. The topological polar surface area (TPSA) is 0 Å². The molecule has 1 unspecified atom stereocenters. The molecular weight excluding hydrogens is 386 g/mol. The Hall–Kier alpha value is 0.241. The first-order valence-corrected chi connectivity index (χ1v) is 11.2. The SMILES string of the molecule is Cc1[c]([Ti+3])ccc2c1C([Si](C)(C)C)c1ccccc1-2.[Cl-].[Cl-].[Cl-]. The number of halogens is 3. The fourth-order valence-electron chi connectivity index (χ4n) is 3.38. The average Bonchev–Trinajstić information content (AvgIpc) is 2.69. The molecule has 0 fully saturated rings. The van der Waals surface area contributed by atoms with Crippen molar-refractivity contribution in [1.82, 2.24) is 0 Å². The van der Waals surface area contributed by atoms with E-state index in [1.165, 1.54) is 20.6 Å². The fourth-order valence-corrected chi connectivity index (χ4v) is 6.15. The summed E-state index contributed by atoms with van der Waals surface area (Å²) < 4.78 is 1.43. The van der Waals surface area contributed by atoms with E-state index < -0.39 is 8.07 Å². The standard InChI is InChI=1S/C17H19Si.3ClH.Ti/c1-12-8-7-11-14-13-9-5-6-10-15(13)17(16(12)14)18(2,3)4;;;;/h5-7,9-11,17H,1-4H3;3*1H;/q;;;;+3/p-3. The second kappa shape index (κ2) is 7.88. The molecule has 2 aromatic rings. The van der Waals surface area contributed by atoms with Crippen molar-refractivity contribution in [2.75, 3.05) is 0 Å². The van der Waals surface area contributed by atoms with Gasteiger partial charge in [0.1, 0.15) is 0 Å². The number of benzene rings is 2. The first-order chi connectivity index (χ1) is 8.91. The van der Waals surface area contributed by atoms with E-state index in [-0.39, 0.29) is 37.2 Å². The molecule has 0 amide bonds. The summed E-state index contributed by atoms with van der Waals surface area (Å²) in [6, 6.07) is 13.6. The maximum absolute atomic E-state index is 2.49. The van der Waals surface area contributed by atoms with Crippen LogP contribution in [0.1, 0.15) is 22.2 Å². The molecular formula is C17H19Cl3SiTi. The maximum Gasteiger partial charge on any atom is -1.00 e. The summed E-state index contributed by atoms with van der Waals surface area (Å²) in [6.45, 7) is 9.77. The van der Waals surface area contributed by atoms with Crippen LogP contribution in [0.4, 0.5) is 0 Å². The minimum atomic E-state index is -1.28.